The number of carbonyl (C=O) groups excluding carboxylic acids is 1. The molecule has 0 radical (unpaired) electrons. The van der Waals surface area contributed by atoms with Crippen molar-refractivity contribution < 1.29 is 18.0 Å². The zero-order valence-corrected chi connectivity index (χ0v) is 19.8. The minimum atomic E-state index is -4.40. The molecule has 5 rings (SSSR count). The second kappa shape index (κ2) is 8.13. The number of carbonyl (C=O) groups is 1. The standard InChI is InChI=1S/C23H30F3N7O/c1-11(2)19-21(34)29-18-12(3)27-22(30-20(18)32(19)4)28-15-7-13(8-15)10-33-17(23(24,25)26)9-16(31-33)14-5-6-14/h9,11,13-15,19H,5-8,10H2,1-4H3,(H,29,34)(H,27,28,30)/t13-,15+,19?. The fraction of sp³-hybridized carbons (Fsp3) is 0.652. The highest BCUT2D eigenvalue weighted by atomic mass is 19.4. The quantitative estimate of drug-likeness (QED) is 0.649. The summed E-state index contributed by atoms with van der Waals surface area (Å²) < 4.78 is 41.6. The summed E-state index contributed by atoms with van der Waals surface area (Å²) in [7, 11) is 1.86. The number of anilines is 3. The van der Waals surface area contributed by atoms with Gasteiger partial charge in [-0.15, -0.1) is 0 Å². The second-order valence-corrected chi connectivity index (χ2v) is 10.2. The molecule has 2 fully saturated rings. The van der Waals surface area contributed by atoms with Crippen LogP contribution in [-0.2, 0) is 17.5 Å². The maximum absolute atomic E-state index is 13.5. The Hall–Kier alpha value is -2.85. The Kier molecular flexibility index (Phi) is 5.48. The summed E-state index contributed by atoms with van der Waals surface area (Å²) in [5, 5.41) is 10.5. The summed E-state index contributed by atoms with van der Waals surface area (Å²) in [6.45, 7) is 6.07. The Morgan fingerprint density at radius 2 is 1.94 bits per heavy atom. The molecule has 0 bridgehead atoms. The van der Waals surface area contributed by atoms with Crippen molar-refractivity contribution in [2.24, 2.45) is 11.8 Å². The van der Waals surface area contributed by atoms with Gasteiger partial charge in [0, 0.05) is 25.6 Å². The van der Waals surface area contributed by atoms with Gasteiger partial charge in [-0.25, -0.2) is 4.98 Å². The molecule has 1 amide bonds. The summed E-state index contributed by atoms with van der Waals surface area (Å²) >= 11 is 0. The Balaban J connectivity index is 1.25. The number of aromatic nitrogens is 4. The third kappa shape index (κ3) is 4.20. The molecular formula is C23H30F3N7O. The molecule has 2 saturated carbocycles. The number of fused-ring (bicyclic) bond motifs is 1. The molecule has 184 valence electrons. The van der Waals surface area contributed by atoms with Crippen LogP contribution in [0.15, 0.2) is 6.07 Å². The van der Waals surface area contributed by atoms with Crippen molar-refractivity contribution in [2.45, 2.75) is 77.2 Å². The van der Waals surface area contributed by atoms with Crippen LogP contribution in [0.1, 0.15) is 62.5 Å². The highest BCUT2D eigenvalue weighted by Gasteiger charge is 2.40. The number of nitrogens with one attached hydrogen (secondary N) is 2. The van der Waals surface area contributed by atoms with Gasteiger partial charge in [-0.2, -0.15) is 23.3 Å². The van der Waals surface area contributed by atoms with E-state index in [0.717, 1.165) is 30.4 Å². The molecule has 2 N–H and O–H groups in total. The highest BCUT2D eigenvalue weighted by Crippen LogP contribution is 2.42. The summed E-state index contributed by atoms with van der Waals surface area (Å²) in [6.07, 6.45) is -1.13. The monoisotopic (exact) mass is 477 g/mol. The smallest absolute Gasteiger partial charge is 0.351 e. The van der Waals surface area contributed by atoms with Crippen LogP contribution in [0.3, 0.4) is 0 Å². The average molecular weight is 478 g/mol. The van der Waals surface area contributed by atoms with Crippen LogP contribution >= 0.6 is 0 Å². The van der Waals surface area contributed by atoms with Crippen molar-refractivity contribution >= 4 is 23.4 Å². The van der Waals surface area contributed by atoms with Crippen LogP contribution in [0.25, 0.3) is 0 Å². The summed E-state index contributed by atoms with van der Waals surface area (Å²) in [5.41, 5.74) is 1.20. The van der Waals surface area contributed by atoms with E-state index in [-0.39, 0.29) is 42.3 Å². The van der Waals surface area contributed by atoms with E-state index in [9.17, 15) is 18.0 Å². The van der Waals surface area contributed by atoms with Crippen molar-refractivity contribution in [1.82, 2.24) is 19.7 Å². The van der Waals surface area contributed by atoms with Crippen molar-refractivity contribution in [3.05, 3.63) is 23.1 Å². The normalized spacial score (nSPS) is 24.6. The van der Waals surface area contributed by atoms with Crippen LogP contribution in [0.5, 0.6) is 0 Å². The molecule has 0 spiro atoms. The number of alkyl halides is 3. The lowest BCUT2D eigenvalue weighted by Gasteiger charge is -2.38. The van der Waals surface area contributed by atoms with Gasteiger partial charge < -0.3 is 15.5 Å². The predicted octanol–water partition coefficient (Wildman–Crippen LogP) is 4.18. The lowest BCUT2D eigenvalue weighted by molar-refractivity contribution is -0.144. The fourth-order valence-electron chi connectivity index (χ4n) is 5.09. The molecule has 2 aromatic heterocycles. The number of likely N-dealkylation sites (N-methyl/N-ethyl adjacent to an activating group) is 1. The van der Waals surface area contributed by atoms with Gasteiger partial charge in [-0.1, -0.05) is 13.8 Å². The Morgan fingerprint density at radius 1 is 1.24 bits per heavy atom. The van der Waals surface area contributed by atoms with Crippen molar-refractivity contribution in [3.8, 4) is 0 Å². The maximum atomic E-state index is 13.5. The van der Waals surface area contributed by atoms with E-state index in [0.29, 0.717) is 28.8 Å². The van der Waals surface area contributed by atoms with Crippen LogP contribution < -0.4 is 15.5 Å². The van der Waals surface area contributed by atoms with E-state index in [1.165, 1.54) is 6.07 Å². The van der Waals surface area contributed by atoms with E-state index in [2.05, 4.69) is 25.7 Å². The summed E-state index contributed by atoms with van der Waals surface area (Å²) in [4.78, 5) is 23.5. The van der Waals surface area contributed by atoms with Crippen molar-refractivity contribution in [1.29, 1.82) is 0 Å². The molecule has 11 heteroatoms. The Morgan fingerprint density at radius 3 is 2.56 bits per heavy atom. The number of aryl methyl sites for hydroxylation is 1. The lowest BCUT2D eigenvalue weighted by atomic mass is 9.80. The fourth-order valence-corrected chi connectivity index (χ4v) is 5.09. The number of hydrogen-bond acceptors (Lipinski definition) is 6. The molecule has 1 unspecified atom stereocenters. The van der Waals surface area contributed by atoms with Gasteiger partial charge in [0.25, 0.3) is 0 Å². The largest absolute Gasteiger partial charge is 0.433 e. The number of nitrogens with zero attached hydrogens (tertiary/aromatic N) is 5. The first-order valence-electron chi connectivity index (χ1n) is 11.8. The zero-order chi connectivity index (χ0) is 24.4. The molecular weight excluding hydrogens is 447 g/mol. The number of rotatable bonds is 6. The van der Waals surface area contributed by atoms with E-state index in [1.54, 1.807) is 0 Å². The van der Waals surface area contributed by atoms with Gasteiger partial charge >= 0.3 is 6.18 Å². The van der Waals surface area contributed by atoms with Crippen LogP contribution in [0.4, 0.5) is 30.6 Å². The molecule has 0 aromatic carbocycles. The Labute approximate surface area is 196 Å². The van der Waals surface area contributed by atoms with Crippen molar-refractivity contribution in [3.63, 3.8) is 0 Å². The molecule has 3 aliphatic rings. The van der Waals surface area contributed by atoms with Gasteiger partial charge in [0.15, 0.2) is 5.82 Å². The molecule has 2 aromatic rings. The number of hydrogen-bond donors (Lipinski definition) is 2. The van der Waals surface area contributed by atoms with Gasteiger partial charge in [-0.05, 0) is 50.5 Å². The molecule has 3 heterocycles. The molecule has 0 saturated heterocycles. The first kappa shape index (κ1) is 22.9. The maximum Gasteiger partial charge on any atom is 0.433 e. The van der Waals surface area contributed by atoms with Gasteiger partial charge in [-0.3, -0.25) is 9.48 Å². The van der Waals surface area contributed by atoms with Crippen LogP contribution in [0.2, 0.25) is 0 Å². The van der Waals surface area contributed by atoms with E-state index in [4.69, 9.17) is 0 Å². The van der Waals surface area contributed by atoms with Gasteiger partial charge in [0.05, 0.1) is 11.4 Å². The minimum absolute atomic E-state index is 0.0686. The van der Waals surface area contributed by atoms with Crippen molar-refractivity contribution in [2.75, 3.05) is 22.6 Å². The SMILES string of the molecule is Cc1nc(N[C@H]2C[C@@H](Cn3nc(C4CC4)cc3C(F)(F)F)C2)nc2c1NC(=O)C(C(C)C)N2C. The van der Waals surface area contributed by atoms with Crippen LogP contribution in [-0.4, -0.2) is 44.8 Å². The number of amides is 1. The molecule has 34 heavy (non-hydrogen) atoms. The van der Waals surface area contributed by atoms with Crippen LogP contribution in [0, 0.1) is 18.8 Å². The van der Waals surface area contributed by atoms with Gasteiger partial charge in [0.2, 0.25) is 11.9 Å². The average Bonchev–Trinajstić information content (AvgIpc) is 3.46. The third-order valence-electron chi connectivity index (χ3n) is 7.06. The van der Waals surface area contributed by atoms with E-state index in [1.807, 2.05) is 32.7 Å². The molecule has 8 nitrogen and oxygen atoms in total. The van der Waals surface area contributed by atoms with Gasteiger partial charge in [0.1, 0.15) is 17.4 Å². The van der Waals surface area contributed by atoms with E-state index < -0.39 is 11.9 Å². The molecule has 1 aliphatic heterocycles. The number of halogens is 3. The lowest BCUT2D eigenvalue weighted by Crippen LogP contribution is -2.50. The topological polar surface area (TPSA) is 88.0 Å². The predicted molar refractivity (Wildman–Crippen MR) is 122 cm³/mol. The molecule has 1 atom stereocenters. The van der Waals surface area contributed by atoms with E-state index >= 15 is 0 Å². The highest BCUT2D eigenvalue weighted by molar-refractivity contribution is 6.03. The Bertz CT molecular complexity index is 1100. The third-order valence-corrected chi connectivity index (χ3v) is 7.06. The zero-order valence-electron chi connectivity index (χ0n) is 19.8. The second-order valence-electron chi connectivity index (χ2n) is 10.2. The summed E-state index contributed by atoms with van der Waals surface area (Å²) in [6, 6.07) is 0.981. The minimum Gasteiger partial charge on any atom is -0.351 e. The summed E-state index contributed by atoms with van der Waals surface area (Å²) in [5.74, 6) is 1.47. The first-order valence-corrected chi connectivity index (χ1v) is 11.8. The first-order chi connectivity index (χ1) is 16.0. The molecule has 2 aliphatic carbocycles.